The number of hydrogen-bond acceptors (Lipinski definition) is 5. The number of piperidine rings is 1. The zero-order valence-corrected chi connectivity index (χ0v) is 15.7. The Morgan fingerprint density at radius 2 is 1.90 bits per heavy atom. The number of ether oxygens (including phenoxy) is 1. The van der Waals surface area contributed by atoms with Gasteiger partial charge in [0.1, 0.15) is 23.5 Å². The van der Waals surface area contributed by atoms with Crippen molar-refractivity contribution in [2.24, 2.45) is 5.92 Å². The minimum atomic E-state index is -0.998. The van der Waals surface area contributed by atoms with E-state index in [1.54, 1.807) is 0 Å². The highest BCUT2D eigenvalue weighted by molar-refractivity contribution is 6.02. The van der Waals surface area contributed by atoms with E-state index in [9.17, 15) is 18.0 Å². The molecule has 0 aliphatic carbocycles. The molecule has 1 aliphatic heterocycles. The molecule has 0 saturated carbocycles. The first-order valence-corrected chi connectivity index (χ1v) is 9.21. The van der Waals surface area contributed by atoms with Crippen LogP contribution in [0.4, 0.5) is 19.0 Å². The van der Waals surface area contributed by atoms with E-state index >= 15 is 0 Å². The van der Waals surface area contributed by atoms with Gasteiger partial charge in [0.2, 0.25) is 0 Å². The van der Waals surface area contributed by atoms with Gasteiger partial charge in [-0.2, -0.15) is 0 Å². The van der Waals surface area contributed by atoms with Gasteiger partial charge in [0.15, 0.2) is 11.6 Å². The highest BCUT2D eigenvalue weighted by Gasteiger charge is 2.29. The summed E-state index contributed by atoms with van der Waals surface area (Å²) in [7, 11) is 1.35. The number of esters is 1. The molecule has 3 aromatic rings. The minimum Gasteiger partial charge on any atom is -0.469 e. The SMILES string of the molecule is COC(=O)C1CCCN(c2ncnc3c(F)ccc(-c4ccc(F)c(F)c4)c23)C1. The Balaban J connectivity index is 1.88. The molecule has 0 spiro atoms. The number of nitrogens with zero attached hydrogens (tertiary/aromatic N) is 3. The molecule has 0 N–H and O–H groups in total. The summed E-state index contributed by atoms with van der Waals surface area (Å²) in [4.78, 5) is 22.3. The first-order valence-electron chi connectivity index (χ1n) is 9.21. The molecule has 5 nitrogen and oxygen atoms in total. The standard InChI is InChI=1S/C21H18F3N3O2/c1-29-21(28)13-3-2-8-27(10-13)20-18-14(12-4-6-15(22)17(24)9-12)5-7-16(23)19(18)25-11-26-20/h4-7,9,11,13H,2-3,8,10H2,1H3. The third-order valence-corrected chi connectivity index (χ3v) is 5.21. The van der Waals surface area contributed by atoms with Gasteiger partial charge in [0.25, 0.3) is 0 Å². The monoisotopic (exact) mass is 401 g/mol. The molecule has 1 unspecified atom stereocenters. The van der Waals surface area contributed by atoms with Crippen LogP contribution in [0.2, 0.25) is 0 Å². The van der Waals surface area contributed by atoms with E-state index in [4.69, 9.17) is 4.74 Å². The van der Waals surface area contributed by atoms with Crippen molar-refractivity contribution in [1.82, 2.24) is 9.97 Å². The summed E-state index contributed by atoms with van der Waals surface area (Å²) in [5.41, 5.74) is 0.944. The normalized spacial score (nSPS) is 16.8. The van der Waals surface area contributed by atoms with Gasteiger partial charge in [-0.05, 0) is 42.2 Å². The predicted octanol–water partition coefficient (Wildman–Crippen LogP) is 4.10. The van der Waals surface area contributed by atoms with Crippen LogP contribution >= 0.6 is 0 Å². The maximum atomic E-state index is 14.5. The number of aromatic nitrogens is 2. The first-order chi connectivity index (χ1) is 14.0. The fourth-order valence-corrected chi connectivity index (χ4v) is 3.80. The van der Waals surface area contributed by atoms with E-state index in [0.717, 1.165) is 18.6 Å². The summed E-state index contributed by atoms with van der Waals surface area (Å²) in [6, 6.07) is 6.25. The number of methoxy groups -OCH3 is 1. The van der Waals surface area contributed by atoms with E-state index in [-0.39, 0.29) is 17.4 Å². The number of halogens is 3. The molecule has 1 saturated heterocycles. The zero-order valence-electron chi connectivity index (χ0n) is 15.7. The molecule has 150 valence electrons. The average Bonchev–Trinajstić information content (AvgIpc) is 2.75. The summed E-state index contributed by atoms with van der Waals surface area (Å²) in [5.74, 6) is -2.69. The first kappa shape index (κ1) is 19.2. The number of rotatable bonds is 3. The largest absolute Gasteiger partial charge is 0.469 e. The van der Waals surface area contributed by atoms with Crippen molar-refractivity contribution < 1.29 is 22.7 Å². The molecule has 29 heavy (non-hydrogen) atoms. The van der Waals surface area contributed by atoms with Crippen LogP contribution in [-0.4, -0.2) is 36.1 Å². The van der Waals surface area contributed by atoms with Gasteiger partial charge in [-0.25, -0.2) is 23.1 Å². The molecule has 2 aromatic carbocycles. The number of benzene rings is 2. The Morgan fingerprint density at radius 3 is 2.66 bits per heavy atom. The van der Waals surface area contributed by atoms with E-state index < -0.39 is 17.5 Å². The van der Waals surface area contributed by atoms with Crippen molar-refractivity contribution in [3.8, 4) is 11.1 Å². The minimum absolute atomic E-state index is 0.0809. The summed E-state index contributed by atoms with van der Waals surface area (Å²) in [6.07, 6.45) is 2.69. The molecule has 1 fully saturated rings. The van der Waals surface area contributed by atoms with E-state index in [0.29, 0.717) is 41.8 Å². The third-order valence-electron chi connectivity index (χ3n) is 5.21. The number of anilines is 1. The van der Waals surface area contributed by atoms with Crippen molar-refractivity contribution >= 4 is 22.7 Å². The molecule has 2 heterocycles. The Kier molecular flexibility index (Phi) is 5.08. The molecule has 4 rings (SSSR count). The highest BCUT2D eigenvalue weighted by Crippen LogP contribution is 2.36. The van der Waals surface area contributed by atoms with E-state index in [1.165, 1.54) is 31.6 Å². The molecule has 1 aromatic heterocycles. The number of carbonyl (C=O) groups excluding carboxylic acids is 1. The van der Waals surface area contributed by atoms with Crippen molar-refractivity contribution in [3.63, 3.8) is 0 Å². The molecule has 8 heteroatoms. The summed E-state index contributed by atoms with van der Waals surface area (Å²) in [6.45, 7) is 0.986. The van der Waals surface area contributed by atoms with Crippen molar-refractivity contribution in [3.05, 3.63) is 54.1 Å². The maximum Gasteiger partial charge on any atom is 0.310 e. The van der Waals surface area contributed by atoms with Gasteiger partial charge in [0, 0.05) is 13.1 Å². The Bertz CT molecular complexity index is 1090. The topological polar surface area (TPSA) is 55.3 Å². The predicted molar refractivity (Wildman–Crippen MR) is 102 cm³/mol. The number of fused-ring (bicyclic) bond motifs is 1. The van der Waals surface area contributed by atoms with Crippen LogP contribution in [0.3, 0.4) is 0 Å². The molecule has 1 aliphatic rings. The fourth-order valence-electron chi connectivity index (χ4n) is 3.80. The van der Waals surface area contributed by atoms with Crippen molar-refractivity contribution in [2.75, 3.05) is 25.1 Å². The van der Waals surface area contributed by atoms with Crippen molar-refractivity contribution in [2.45, 2.75) is 12.8 Å². The van der Waals surface area contributed by atoms with Gasteiger partial charge in [-0.3, -0.25) is 4.79 Å². The molecule has 0 radical (unpaired) electrons. The lowest BCUT2D eigenvalue weighted by Crippen LogP contribution is -2.39. The highest BCUT2D eigenvalue weighted by atomic mass is 19.2. The van der Waals surface area contributed by atoms with Crippen LogP contribution in [0.15, 0.2) is 36.7 Å². The number of hydrogen-bond donors (Lipinski definition) is 0. The maximum absolute atomic E-state index is 14.5. The lowest BCUT2D eigenvalue weighted by atomic mass is 9.96. The Hall–Kier alpha value is -3.16. The third kappa shape index (κ3) is 3.50. The Morgan fingerprint density at radius 1 is 1.10 bits per heavy atom. The summed E-state index contributed by atoms with van der Waals surface area (Å²) in [5, 5.41) is 0.393. The molecular formula is C21H18F3N3O2. The average molecular weight is 401 g/mol. The van der Waals surface area contributed by atoms with Crippen molar-refractivity contribution in [1.29, 1.82) is 0 Å². The second kappa shape index (κ2) is 7.69. The van der Waals surface area contributed by atoms with Crippen LogP contribution in [0.1, 0.15) is 12.8 Å². The van der Waals surface area contributed by atoms with Crippen LogP contribution in [0.5, 0.6) is 0 Å². The van der Waals surface area contributed by atoms with Crippen LogP contribution in [0.25, 0.3) is 22.0 Å². The fraction of sp³-hybridized carbons (Fsp3) is 0.286. The summed E-state index contributed by atoms with van der Waals surface area (Å²) >= 11 is 0. The molecule has 0 bridgehead atoms. The second-order valence-corrected chi connectivity index (χ2v) is 6.95. The van der Waals surface area contributed by atoms with Crippen LogP contribution in [-0.2, 0) is 9.53 Å². The molecule has 0 amide bonds. The van der Waals surface area contributed by atoms with Gasteiger partial charge in [-0.1, -0.05) is 12.1 Å². The van der Waals surface area contributed by atoms with Crippen LogP contribution < -0.4 is 4.90 Å². The van der Waals surface area contributed by atoms with Gasteiger partial charge < -0.3 is 9.64 Å². The Labute approximate surface area is 165 Å². The van der Waals surface area contributed by atoms with E-state index in [2.05, 4.69) is 9.97 Å². The lowest BCUT2D eigenvalue weighted by molar-refractivity contribution is -0.145. The molecular weight excluding hydrogens is 383 g/mol. The quantitative estimate of drug-likeness (QED) is 0.619. The van der Waals surface area contributed by atoms with Crippen LogP contribution in [0, 0.1) is 23.4 Å². The van der Waals surface area contributed by atoms with E-state index in [1.807, 2.05) is 4.90 Å². The van der Waals surface area contributed by atoms with Gasteiger partial charge in [0.05, 0.1) is 18.4 Å². The summed E-state index contributed by atoms with van der Waals surface area (Å²) < 4.78 is 46.6. The second-order valence-electron chi connectivity index (χ2n) is 6.95. The van der Waals surface area contributed by atoms with Gasteiger partial charge in [-0.15, -0.1) is 0 Å². The zero-order chi connectivity index (χ0) is 20.5. The smallest absolute Gasteiger partial charge is 0.310 e. The molecule has 1 atom stereocenters. The van der Waals surface area contributed by atoms with Gasteiger partial charge >= 0.3 is 5.97 Å². The number of carbonyl (C=O) groups is 1. The lowest BCUT2D eigenvalue weighted by Gasteiger charge is -2.33.